The molecular weight excluding hydrogens is 430 g/mol. The Morgan fingerprint density at radius 2 is 2.22 bits per heavy atom. The molecule has 0 aliphatic heterocycles. The van der Waals surface area contributed by atoms with Crippen molar-refractivity contribution in [1.82, 2.24) is 15.2 Å². The second kappa shape index (κ2) is 9.02. The number of nitrogens with zero attached hydrogens (tertiary/aromatic N) is 3. The average Bonchev–Trinajstić information content (AvgIpc) is 2.88. The van der Waals surface area contributed by atoms with E-state index in [1.807, 2.05) is 24.3 Å². The van der Waals surface area contributed by atoms with Gasteiger partial charge < -0.3 is 15.3 Å². The summed E-state index contributed by atoms with van der Waals surface area (Å²) in [5.74, 6) is -0.274. The van der Waals surface area contributed by atoms with Crippen molar-refractivity contribution in [2.75, 3.05) is 14.1 Å². The van der Waals surface area contributed by atoms with E-state index in [-0.39, 0.29) is 29.7 Å². The largest absolute Gasteiger partial charge is 0.505 e. The Bertz CT molecular complexity index is 677. The van der Waals surface area contributed by atoms with E-state index < -0.39 is 5.82 Å². The molecule has 0 saturated carbocycles. The molecule has 0 atom stereocenters. The molecule has 2 rings (SSSR count). The van der Waals surface area contributed by atoms with E-state index in [1.165, 1.54) is 12.1 Å². The van der Waals surface area contributed by atoms with Crippen molar-refractivity contribution in [3.8, 4) is 5.75 Å². The Morgan fingerprint density at radius 3 is 2.78 bits per heavy atom. The molecule has 23 heavy (non-hydrogen) atoms. The molecule has 1 aromatic heterocycles. The molecule has 0 spiro atoms. The molecule has 126 valence electrons. The number of hydrogen-bond donors (Lipinski definition) is 2. The topological polar surface area (TPSA) is 60.8 Å². The fourth-order valence-electron chi connectivity index (χ4n) is 2.02. The zero-order valence-corrected chi connectivity index (χ0v) is 16.4. The van der Waals surface area contributed by atoms with Crippen LogP contribution in [0.4, 0.5) is 4.39 Å². The molecule has 0 aliphatic carbocycles. The molecule has 0 radical (unpaired) electrons. The highest BCUT2D eigenvalue weighted by Crippen LogP contribution is 2.16. The maximum absolute atomic E-state index is 13.3. The SMILES string of the molecule is CN=C(NCc1ccc(O)c(F)c1)N(C)Cc1csc(C)n1.I. The van der Waals surface area contributed by atoms with Gasteiger partial charge in [-0.15, -0.1) is 35.3 Å². The summed E-state index contributed by atoms with van der Waals surface area (Å²) in [5.41, 5.74) is 1.72. The van der Waals surface area contributed by atoms with Crippen molar-refractivity contribution in [3.05, 3.63) is 45.7 Å². The lowest BCUT2D eigenvalue weighted by Crippen LogP contribution is -2.38. The van der Waals surface area contributed by atoms with Crippen LogP contribution in [0.25, 0.3) is 0 Å². The van der Waals surface area contributed by atoms with Gasteiger partial charge in [-0.25, -0.2) is 9.37 Å². The van der Waals surface area contributed by atoms with E-state index in [1.54, 1.807) is 24.5 Å². The Labute approximate surface area is 156 Å². The summed E-state index contributed by atoms with van der Waals surface area (Å²) in [7, 11) is 3.62. The maximum Gasteiger partial charge on any atom is 0.194 e. The third-order valence-electron chi connectivity index (χ3n) is 3.10. The van der Waals surface area contributed by atoms with Crippen LogP contribution in [-0.2, 0) is 13.1 Å². The Morgan fingerprint density at radius 1 is 1.48 bits per heavy atom. The van der Waals surface area contributed by atoms with Crippen molar-refractivity contribution < 1.29 is 9.50 Å². The fraction of sp³-hybridized carbons (Fsp3) is 0.333. The summed E-state index contributed by atoms with van der Waals surface area (Å²) in [4.78, 5) is 10.6. The van der Waals surface area contributed by atoms with Crippen LogP contribution in [0.15, 0.2) is 28.6 Å². The third-order valence-corrected chi connectivity index (χ3v) is 3.92. The summed E-state index contributed by atoms with van der Waals surface area (Å²) >= 11 is 1.62. The zero-order chi connectivity index (χ0) is 16.1. The van der Waals surface area contributed by atoms with Gasteiger partial charge in [-0.3, -0.25) is 4.99 Å². The number of benzene rings is 1. The first-order valence-corrected chi connectivity index (χ1v) is 7.67. The molecule has 1 heterocycles. The molecule has 0 bridgehead atoms. The van der Waals surface area contributed by atoms with Gasteiger partial charge in [-0.1, -0.05) is 6.07 Å². The molecule has 0 aliphatic rings. The van der Waals surface area contributed by atoms with Gasteiger partial charge in [0.15, 0.2) is 17.5 Å². The highest BCUT2D eigenvalue weighted by atomic mass is 127. The lowest BCUT2D eigenvalue weighted by atomic mass is 10.2. The summed E-state index contributed by atoms with van der Waals surface area (Å²) < 4.78 is 13.3. The number of thiazole rings is 1. The molecule has 5 nitrogen and oxygen atoms in total. The number of phenolic OH excluding ortho intramolecular Hbond substituents is 1. The zero-order valence-electron chi connectivity index (χ0n) is 13.2. The summed E-state index contributed by atoms with van der Waals surface area (Å²) in [6.45, 7) is 3.04. The van der Waals surface area contributed by atoms with Crippen molar-refractivity contribution >= 4 is 41.3 Å². The quantitative estimate of drug-likeness (QED) is 0.427. The van der Waals surface area contributed by atoms with Gasteiger partial charge in [0.05, 0.1) is 17.2 Å². The van der Waals surface area contributed by atoms with Crippen LogP contribution >= 0.6 is 35.3 Å². The standard InChI is InChI=1S/C15H19FN4OS.HI/c1-10-19-12(9-22-10)8-20(3)15(17-2)18-7-11-4-5-14(21)13(16)6-11;/h4-6,9,21H,7-8H2,1-3H3,(H,17,18);1H. The van der Waals surface area contributed by atoms with Crippen LogP contribution in [0.3, 0.4) is 0 Å². The monoisotopic (exact) mass is 450 g/mol. The number of aryl methyl sites for hydroxylation is 1. The number of rotatable bonds is 4. The van der Waals surface area contributed by atoms with Crippen molar-refractivity contribution in [1.29, 1.82) is 0 Å². The number of nitrogens with one attached hydrogen (secondary N) is 1. The van der Waals surface area contributed by atoms with E-state index in [2.05, 4.69) is 15.3 Å². The van der Waals surface area contributed by atoms with Crippen molar-refractivity contribution in [2.45, 2.75) is 20.0 Å². The predicted octanol–water partition coefficient (Wildman–Crippen LogP) is 3.12. The number of phenols is 1. The van der Waals surface area contributed by atoms with E-state index >= 15 is 0 Å². The molecule has 0 amide bonds. The average molecular weight is 450 g/mol. The fourth-order valence-corrected chi connectivity index (χ4v) is 2.63. The summed E-state index contributed by atoms with van der Waals surface area (Å²) in [6.07, 6.45) is 0. The summed E-state index contributed by atoms with van der Waals surface area (Å²) in [5, 5.41) is 15.4. The van der Waals surface area contributed by atoms with Crippen molar-refractivity contribution in [3.63, 3.8) is 0 Å². The lowest BCUT2D eigenvalue weighted by Gasteiger charge is -2.21. The molecule has 2 aromatic rings. The van der Waals surface area contributed by atoms with E-state index in [0.717, 1.165) is 16.3 Å². The first-order chi connectivity index (χ1) is 10.5. The normalized spacial score (nSPS) is 11.0. The van der Waals surface area contributed by atoms with Crippen LogP contribution in [0.2, 0.25) is 0 Å². The molecular formula is C15H20FIN4OS. The first kappa shape index (κ1) is 19.6. The minimum atomic E-state index is -0.624. The molecule has 8 heteroatoms. The van der Waals surface area contributed by atoms with Gasteiger partial charge in [-0.2, -0.15) is 0 Å². The van der Waals surface area contributed by atoms with Crippen LogP contribution in [-0.4, -0.2) is 35.0 Å². The van der Waals surface area contributed by atoms with E-state index in [4.69, 9.17) is 0 Å². The lowest BCUT2D eigenvalue weighted by molar-refractivity contribution is 0.431. The number of aliphatic imine (C=N–C) groups is 1. The van der Waals surface area contributed by atoms with E-state index in [0.29, 0.717) is 19.0 Å². The molecule has 1 aromatic carbocycles. The first-order valence-electron chi connectivity index (χ1n) is 6.79. The van der Waals surface area contributed by atoms with Gasteiger partial charge in [0.1, 0.15) is 0 Å². The van der Waals surface area contributed by atoms with Crippen molar-refractivity contribution in [2.24, 2.45) is 4.99 Å². The van der Waals surface area contributed by atoms with Gasteiger partial charge in [0, 0.05) is 26.0 Å². The Balaban J connectivity index is 0.00000264. The van der Waals surface area contributed by atoms with Gasteiger partial charge in [-0.05, 0) is 24.6 Å². The highest BCUT2D eigenvalue weighted by Gasteiger charge is 2.09. The van der Waals surface area contributed by atoms with Gasteiger partial charge in [0.2, 0.25) is 0 Å². The number of aromatic hydroxyl groups is 1. The second-order valence-corrected chi connectivity index (χ2v) is 5.96. The minimum absolute atomic E-state index is 0. The molecule has 0 saturated heterocycles. The molecule has 2 N–H and O–H groups in total. The highest BCUT2D eigenvalue weighted by molar-refractivity contribution is 14.0. The number of halogens is 2. The third kappa shape index (κ3) is 5.61. The van der Waals surface area contributed by atoms with Crippen LogP contribution < -0.4 is 5.32 Å². The Kier molecular flexibility index (Phi) is 7.69. The van der Waals surface area contributed by atoms with Crippen LogP contribution in [0.5, 0.6) is 5.75 Å². The second-order valence-electron chi connectivity index (χ2n) is 4.90. The predicted molar refractivity (Wildman–Crippen MR) is 102 cm³/mol. The van der Waals surface area contributed by atoms with Crippen LogP contribution in [0.1, 0.15) is 16.3 Å². The summed E-state index contributed by atoms with van der Waals surface area (Å²) in [6, 6.07) is 4.32. The smallest absolute Gasteiger partial charge is 0.194 e. The van der Waals surface area contributed by atoms with E-state index in [9.17, 15) is 9.50 Å². The van der Waals surface area contributed by atoms with Gasteiger partial charge in [0.25, 0.3) is 0 Å². The molecule has 0 unspecified atom stereocenters. The number of aromatic nitrogens is 1. The molecule has 0 fully saturated rings. The van der Waals surface area contributed by atoms with Crippen LogP contribution in [0, 0.1) is 12.7 Å². The minimum Gasteiger partial charge on any atom is -0.505 e. The maximum atomic E-state index is 13.3. The number of hydrogen-bond acceptors (Lipinski definition) is 4. The Hall–Kier alpha value is -1.42. The van der Waals surface area contributed by atoms with Gasteiger partial charge >= 0.3 is 0 Å². The number of guanidine groups is 1.